The van der Waals surface area contributed by atoms with Gasteiger partial charge in [-0.1, -0.05) is 19.3 Å². The molecule has 0 aromatic rings. The Morgan fingerprint density at radius 2 is 1.75 bits per heavy atom. The van der Waals surface area contributed by atoms with E-state index in [1.54, 1.807) is 0 Å². The Balaban J connectivity index is 0.00000121. The maximum absolute atomic E-state index is 10.7. The van der Waals surface area contributed by atoms with Crippen LogP contribution < -0.4 is 11.5 Å². The second-order valence-electron chi connectivity index (χ2n) is 3.33. The van der Waals surface area contributed by atoms with Crippen LogP contribution in [-0.2, 0) is 4.79 Å². The van der Waals surface area contributed by atoms with E-state index in [4.69, 9.17) is 11.5 Å². The van der Waals surface area contributed by atoms with Crippen molar-refractivity contribution in [1.29, 1.82) is 0 Å². The summed E-state index contributed by atoms with van der Waals surface area (Å²) in [6, 6.07) is -0.407. The molecule has 1 aliphatic rings. The average Bonchev–Trinajstić information content (AvgIpc) is 2.05. The second kappa shape index (κ2) is 5.38. The summed E-state index contributed by atoms with van der Waals surface area (Å²) in [7, 11) is 0. The largest absolute Gasteiger partial charge is 0.368 e. The van der Waals surface area contributed by atoms with Gasteiger partial charge in [-0.2, -0.15) is 0 Å². The van der Waals surface area contributed by atoms with Gasteiger partial charge in [0.25, 0.3) is 0 Å². The first kappa shape index (κ1) is 11.7. The monoisotopic (exact) mass is 192 g/mol. The van der Waals surface area contributed by atoms with Gasteiger partial charge in [0.1, 0.15) is 0 Å². The molecule has 1 saturated carbocycles. The van der Waals surface area contributed by atoms with Gasteiger partial charge < -0.3 is 11.5 Å². The predicted molar refractivity (Wildman–Crippen MR) is 51.0 cm³/mol. The van der Waals surface area contributed by atoms with Crippen LogP contribution in [0.3, 0.4) is 0 Å². The van der Waals surface area contributed by atoms with Crippen molar-refractivity contribution in [1.82, 2.24) is 0 Å². The predicted octanol–water partition coefficient (Wildman–Crippen LogP) is 0.801. The zero-order valence-electron chi connectivity index (χ0n) is 7.16. The molecule has 1 aliphatic carbocycles. The van der Waals surface area contributed by atoms with Crippen LogP contribution in [0.15, 0.2) is 0 Å². The lowest BCUT2D eigenvalue weighted by molar-refractivity contribution is -0.120. The third-order valence-electron chi connectivity index (χ3n) is 2.49. The first-order valence-electron chi connectivity index (χ1n) is 4.26. The first-order chi connectivity index (χ1) is 5.22. The summed E-state index contributed by atoms with van der Waals surface area (Å²) < 4.78 is 0. The molecule has 0 bridgehead atoms. The van der Waals surface area contributed by atoms with Gasteiger partial charge in [0.2, 0.25) is 5.91 Å². The van der Waals surface area contributed by atoms with Crippen LogP contribution in [0.5, 0.6) is 0 Å². The molecular formula is C8H17ClN2O. The highest BCUT2D eigenvalue weighted by Crippen LogP contribution is 2.25. The highest BCUT2D eigenvalue weighted by Gasteiger charge is 2.23. The maximum atomic E-state index is 10.7. The lowest BCUT2D eigenvalue weighted by Gasteiger charge is -2.24. The Labute approximate surface area is 79.3 Å². The number of rotatable bonds is 2. The van der Waals surface area contributed by atoms with Gasteiger partial charge in [0.05, 0.1) is 6.04 Å². The van der Waals surface area contributed by atoms with Crippen molar-refractivity contribution < 1.29 is 4.79 Å². The molecule has 0 spiro atoms. The molecule has 4 heteroatoms. The second-order valence-corrected chi connectivity index (χ2v) is 3.33. The fourth-order valence-electron chi connectivity index (χ4n) is 1.73. The molecule has 0 heterocycles. The smallest absolute Gasteiger partial charge is 0.234 e. The Bertz CT molecular complexity index is 146. The molecular weight excluding hydrogens is 176 g/mol. The molecule has 1 unspecified atom stereocenters. The third kappa shape index (κ3) is 2.99. The highest BCUT2D eigenvalue weighted by atomic mass is 35.5. The number of halogens is 1. The standard InChI is InChI=1S/C8H16N2O.ClH/c9-7(8(10)11)6-4-2-1-3-5-6;/h6-7H,1-5,9H2,(H2,10,11);1H. The summed E-state index contributed by atoms with van der Waals surface area (Å²) in [5.74, 6) is -0.00171. The van der Waals surface area contributed by atoms with E-state index in [0.717, 1.165) is 12.8 Å². The molecule has 72 valence electrons. The van der Waals surface area contributed by atoms with E-state index in [1.807, 2.05) is 0 Å². The molecule has 1 fully saturated rings. The molecule has 1 amide bonds. The van der Waals surface area contributed by atoms with E-state index in [1.165, 1.54) is 19.3 Å². The van der Waals surface area contributed by atoms with Crippen LogP contribution in [-0.4, -0.2) is 11.9 Å². The molecule has 12 heavy (non-hydrogen) atoms. The number of carbonyl (C=O) groups excluding carboxylic acids is 1. The minimum atomic E-state index is -0.407. The minimum absolute atomic E-state index is 0. The number of carbonyl (C=O) groups is 1. The number of primary amides is 1. The van der Waals surface area contributed by atoms with Crippen LogP contribution in [0.4, 0.5) is 0 Å². The molecule has 0 radical (unpaired) electrons. The van der Waals surface area contributed by atoms with Crippen LogP contribution >= 0.6 is 12.4 Å². The van der Waals surface area contributed by atoms with Crippen molar-refractivity contribution in [3.8, 4) is 0 Å². The van der Waals surface area contributed by atoms with Gasteiger partial charge in [-0.3, -0.25) is 4.79 Å². The average molecular weight is 193 g/mol. The quantitative estimate of drug-likeness (QED) is 0.680. The summed E-state index contributed by atoms with van der Waals surface area (Å²) in [5, 5.41) is 0. The van der Waals surface area contributed by atoms with Crippen LogP contribution in [0.1, 0.15) is 32.1 Å². The van der Waals surface area contributed by atoms with Gasteiger partial charge >= 0.3 is 0 Å². The summed E-state index contributed by atoms with van der Waals surface area (Å²) in [6.07, 6.45) is 5.83. The number of amides is 1. The highest BCUT2D eigenvalue weighted by molar-refractivity contribution is 5.85. The lowest BCUT2D eigenvalue weighted by atomic mass is 9.84. The van der Waals surface area contributed by atoms with Crippen molar-refractivity contribution in [2.75, 3.05) is 0 Å². The summed E-state index contributed by atoms with van der Waals surface area (Å²) in [6.45, 7) is 0. The number of nitrogens with two attached hydrogens (primary N) is 2. The minimum Gasteiger partial charge on any atom is -0.368 e. The van der Waals surface area contributed by atoms with Crippen molar-refractivity contribution in [3.63, 3.8) is 0 Å². The van der Waals surface area contributed by atoms with Gasteiger partial charge in [-0.25, -0.2) is 0 Å². The normalized spacial score (nSPS) is 21.1. The fourth-order valence-corrected chi connectivity index (χ4v) is 1.73. The van der Waals surface area contributed by atoms with Crippen LogP contribution in [0, 0.1) is 5.92 Å². The van der Waals surface area contributed by atoms with Crippen molar-refractivity contribution in [2.24, 2.45) is 17.4 Å². The zero-order chi connectivity index (χ0) is 8.27. The molecule has 4 N–H and O–H groups in total. The molecule has 3 nitrogen and oxygen atoms in total. The Morgan fingerprint density at radius 3 is 2.17 bits per heavy atom. The lowest BCUT2D eigenvalue weighted by Crippen LogP contribution is -2.43. The Kier molecular flexibility index (Phi) is 5.25. The number of hydrogen-bond donors (Lipinski definition) is 2. The van der Waals surface area contributed by atoms with E-state index in [2.05, 4.69) is 0 Å². The maximum Gasteiger partial charge on any atom is 0.234 e. The van der Waals surface area contributed by atoms with E-state index >= 15 is 0 Å². The molecule has 0 aromatic heterocycles. The molecule has 0 saturated heterocycles. The molecule has 1 atom stereocenters. The van der Waals surface area contributed by atoms with Gasteiger partial charge in [0.15, 0.2) is 0 Å². The molecule has 0 aromatic carbocycles. The summed E-state index contributed by atoms with van der Waals surface area (Å²) in [4.78, 5) is 10.7. The number of hydrogen-bond acceptors (Lipinski definition) is 2. The fraction of sp³-hybridized carbons (Fsp3) is 0.875. The van der Waals surface area contributed by atoms with Crippen molar-refractivity contribution in [2.45, 2.75) is 38.1 Å². The SMILES string of the molecule is Cl.NC(=O)C(N)C1CCCCC1. The summed E-state index contributed by atoms with van der Waals surface area (Å²) in [5.41, 5.74) is 10.7. The van der Waals surface area contributed by atoms with E-state index < -0.39 is 6.04 Å². The van der Waals surface area contributed by atoms with E-state index in [9.17, 15) is 4.79 Å². The van der Waals surface area contributed by atoms with Crippen LogP contribution in [0.2, 0.25) is 0 Å². The van der Waals surface area contributed by atoms with E-state index in [0.29, 0.717) is 5.92 Å². The van der Waals surface area contributed by atoms with Crippen molar-refractivity contribution >= 4 is 18.3 Å². The van der Waals surface area contributed by atoms with Crippen molar-refractivity contribution in [3.05, 3.63) is 0 Å². The van der Waals surface area contributed by atoms with Gasteiger partial charge in [0, 0.05) is 0 Å². The van der Waals surface area contributed by atoms with E-state index in [-0.39, 0.29) is 18.3 Å². The van der Waals surface area contributed by atoms with Gasteiger partial charge in [-0.05, 0) is 18.8 Å². The van der Waals surface area contributed by atoms with Crippen LogP contribution in [0.25, 0.3) is 0 Å². The first-order valence-corrected chi connectivity index (χ1v) is 4.26. The summed E-state index contributed by atoms with van der Waals surface area (Å²) >= 11 is 0. The Morgan fingerprint density at radius 1 is 1.25 bits per heavy atom. The Hall–Kier alpha value is -0.280. The topological polar surface area (TPSA) is 69.1 Å². The molecule has 0 aliphatic heterocycles. The zero-order valence-corrected chi connectivity index (χ0v) is 7.98. The molecule has 1 rings (SSSR count). The third-order valence-corrected chi connectivity index (χ3v) is 2.49. The van der Waals surface area contributed by atoms with Gasteiger partial charge in [-0.15, -0.1) is 12.4 Å².